The van der Waals surface area contributed by atoms with Gasteiger partial charge < -0.3 is 15.2 Å². The SMILES string of the molecule is COc1ccc(C(C)Nc2c(C(=O)O)c(C)nn2C)cc1. The van der Waals surface area contributed by atoms with Gasteiger partial charge in [0.2, 0.25) is 0 Å². The van der Waals surface area contributed by atoms with Gasteiger partial charge >= 0.3 is 5.97 Å². The van der Waals surface area contributed by atoms with Crippen LogP contribution in [0.25, 0.3) is 0 Å². The van der Waals surface area contributed by atoms with Gasteiger partial charge in [-0.1, -0.05) is 12.1 Å². The van der Waals surface area contributed by atoms with E-state index in [9.17, 15) is 9.90 Å². The number of nitrogens with one attached hydrogen (secondary N) is 1. The Morgan fingerprint density at radius 2 is 2.00 bits per heavy atom. The van der Waals surface area contributed by atoms with Gasteiger partial charge in [-0.25, -0.2) is 4.79 Å². The highest BCUT2D eigenvalue weighted by Gasteiger charge is 2.21. The Morgan fingerprint density at radius 1 is 1.38 bits per heavy atom. The van der Waals surface area contributed by atoms with Gasteiger partial charge in [-0.2, -0.15) is 5.10 Å². The van der Waals surface area contributed by atoms with Crippen LogP contribution in [0, 0.1) is 6.92 Å². The van der Waals surface area contributed by atoms with E-state index < -0.39 is 5.97 Å². The van der Waals surface area contributed by atoms with E-state index in [4.69, 9.17) is 4.74 Å². The van der Waals surface area contributed by atoms with Crippen molar-refractivity contribution in [2.45, 2.75) is 19.9 Å². The van der Waals surface area contributed by atoms with Crippen LogP contribution in [0.15, 0.2) is 24.3 Å². The fourth-order valence-electron chi connectivity index (χ4n) is 2.26. The number of aromatic carboxylic acids is 1. The summed E-state index contributed by atoms with van der Waals surface area (Å²) in [6, 6.07) is 7.59. The Balaban J connectivity index is 2.26. The predicted molar refractivity (Wildman–Crippen MR) is 79.9 cm³/mol. The van der Waals surface area contributed by atoms with Gasteiger partial charge in [0, 0.05) is 13.1 Å². The largest absolute Gasteiger partial charge is 0.497 e. The fourth-order valence-corrected chi connectivity index (χ4v) is 2.26. The molecule has 1 aromatic heterocycles. The van der Waals surface area contributed by atoms with Gasteiger partial charge in [-0.3, -0.25) is 4.68 Å². The second-order valence-corrected chi connectivity index (χ2v) is 4.88. The Labute approximate surface area is 123 Å². The van der Waals surface area contributed by atoms with Gasteiger partial charge in [-0.15, -0.1) is 0 Å². The number of carboxylic acid groups (broad SMARTS) is 1. The zero-order valence-electron chi connectivity index (χ0n) is 12.5. The molecule has 0 amide bonds. The first-order valence-corrected chi connectivity index (χ1v) is 6.61. The molecule has 1 unspecified atom stereocenters. The number of benzene rings is 1. The van der Waals surface area contributed by atoms with E-state index in [0.29, 0.717) is 11.5 Å². The number of aromatic nitrogens is 2. The maximum atomic E-state index is 11.3. The quantitative estimate of drug-likeness (QED) is 0.884. The Morgan fingerprint density at radius 3 is 2.52 bits per heavy atom. The molecule has 0 bridgehead atoms. The number of anilines is 1. The maximum Gasteiger partial charge on any atom is 0.341 e. The Bertz CT molecular complexity index is 647. The van der Waals surface area contributed by atoms with E-state index in [1.54, 1.807) is 25.8 Å². The monoisotopic (exact) mass is 289 g/mol. The summed E-state index contributed by atoms with van der Waals surface area (Å²) in [5, 5.41) is 16.7. The normalized spacial score (nSPS) is 12.0. The molecular formula is C15H19N3O3. The second kappa shape index (κ2) is 5.87. The number of hydrogen-bond donors (Lipinski definition) is 2. The lowest BCUT2D eigenvalue weighted by atomic mass is 10.1. The molecule has 6 nitrogen and oxygen atoms in total. The summed E-state index contributed by atoms with van der Waals surface area (Å²) in [7, 11) is 3.34. The van der Waals surface area contributed by atoms with Crippen LogP contribution in [0.5, 0.6) is 5.75 Å². The van der Waals surface area contributed by atoms with Gasteiger partial charge in [0.15, 0.2) is 0 Å². The van der Waals surface area contributed by atoms with Crippen molar-refractivity contribution in [2.75, 3.05) is 12.4 Å². The summed E-state index contributed by atoms with van der Waals surface area (Å²) in [6.07, 6.45) is 0. The van der Waals surface area contributed by atoms with Crippen molar-refractivity contribution in [3.8, 4) is 5.75 Å². The summed E-state index contributed by atoms with van der Waals surface area (Å²) in [6.45, 7) is 3.66. The molecule has 1 aromatic carbocycles. The Kier molecular flexibility index (Phi) is 4.16. The number of hydrogen-bond acceptors (Lipinski definition) is 4. The average Bonchev–Trinajstić information content (AvgIpc) is 2.73. The fraction of sp³-hybridized carbons (Fsp3) is 0.333. The maximum absolute atomic E-state index is 11.3. The van der Waals surface area contributed by atoms with Crippen LogP contribution in [0.3, 0.4) is 0 Å². The van der Waals surface area contributed by atoms with Crippen molar-refractivity contribution in [1.29, 1.82) is 0 Å². The molecule has 21 heavy (non-hydrogen) atoms. The van der Waals surface area contributed by atoms with Gasteiger partial charge in [0.05, 0.1) is 12.8 Å². The summed E-state index contributed by atoms with van der Waals surface area (Å²) < 4.78 is 6.68. The number of ether oxygens (including phenoxy) is 1. The molecule has 0 saturated heterocycles. The van der Waals surface area contributed by atoms with E-state index in [0.717, 1.165) is 11.3 Å². The summed E-state index contributed by atoms with van der Waals surface area (Å²) in [4.78, 5) is 11.3. The highest BCUT2D eigenvalue weighted by atomic mass is 16.5. The minimum Gasteiger partial charge on any atom is -0.497 e. The van der Waals surface area contributed by atoms with Crippen molar-refractivity contribution in [3.63, 3.8) is 0 Å². The predicted octanol–water partition coefficient (Wildman–Crippen LogP) is 2.61. The first-order chi connectivity index (χ1) is 9.93. The van der Waals surface area contributed by atoms with E-state index in [2.05, 4.69) is 10.4 Å². The molecule has 0 fully saturated rings. The van der Waals surface area contributed by atoms with Crippen LogP contribution in [0.2, 0.25) is 0 Å². The number of carboxylic acids is 1. The first kappa shape index (κ1) is 14.9. The molecule has 2 rings (SSSR count). The lowest BCUT2D eigenvalue weighted by Gasteiger charge is -2.16. The third kappa shape index (κ3) is 2.99. The topological polar surface area (TPSA) is 76.4 Å². The number of carbonyl (C=O) groups is 1. The molecule has 0 aliphatic heterocycles. The highest BCUT2D eigenvalue weighted by molar-refractivity contribution is 5.94. The summed E-state index contributed by atoms with van der Waals surface area (Å²) in [5.41, 5.74) is 1.73. The van der Waals surface area contributed by atoms with Crippen molar-refractivity contribution in [2.24, 2.45) is 7.05 Å². The number of methoxy groups -OCH3 is 1. The van der Waals surface area contributed by atoms with E-state index in [-0.39, 0.29) is 11.6 Å². The standard InChI is InChI=1S/C15H19N3O3/c1-9(11-5-7-12(21-4)8-6-11)16-14-13(15(19)20)10(2)17-18(14)3/h5-9,16H,1-4H3,(H,19,20). The van der Waals surface area contributed by atoms with Crippen molar-refractivity contribution >= 4 is 11.8 Å². The molecular weight excluding hydrogens is 270 g/mol. The molecule has 1 atom stereocenters. The zero-order chi connectivity index (χ0) is 15.6. The van der Waals surface area contributed by atoms with Crippen molar-refractivity contribution in [3.05, 3.63) is 41.1 Å². The minimum atomic E-state index is -0.981. The van der Waals surface area contributed by atoms with Crippen LogP contribution in [-0.2, 0) is 7.05 Å². The first-order valence-electron chi connectivity index (χ1n) is 6.61. The van der Waals surface area contributed by atoms with Crippen LogP contribution in [-0.4, -0.2) is 28.0 Å². The molecule has 0 saturated carbocycles. The van der Waals surface area contributed by atoms with Crippen molar-refractivity contribution in [1.82, 2.24) is 9.78 Å². The lowest BCUT2D eigenvalue weighted by Crippen LogP contribution is -2.13. The van der Waals surface area contributed by atoms with Gasteiger partial charge in [0.1, 0.15) is 17.1 Å². The summed E-state index contributed by atoms with van der Waals surface area (Å²) >= 11 is 0. The smallest absolute Gasteiger partial charge is 0.341 e. The number of rotatable bonds is 5. The van der Waals surface area contributed by atoms with Crippen molar-refractivity contribution < 1.29 is 14.6 Å². The Hall–Kier alpha value is -2.50. The molecule has 0 radical (unpaired) electrons. The molecule has 0 spiro atoms. The highest BCUT2D eigenvalue weighted by Crippen LogP contribution is 2.25. The van der Waals surface area contributed by atoms with Gasteiger partial charge in [-0.05, 0) is 31.5 Å². The molecule has 2 aromatic rings. The third-order valence-electron chi connectivity index (χ3n) is 3.41. The molecule has 1 heterocycles. The van der Waals surface area contributed by atoms with Crippen LogP contribution < -0.4 is 10.1 Å². The molecule has 6 heteroatoms. The lowest BCUT2D eigenvalue weighted by molar-refractivity contribution is 0.0697. The average molecular weight is 289 g/mol. The van der Waals surface area contributed by atoms with Crippen LogP contribution >= 0.6 is 0 Å². The van der Waals surface area contributed by atoms with Crippen LogP contribution in [0.4, 0.5) is 5.82 Å². The minimum absolute atomic E-state index is 0.0520. The van der Waals surface area contributed by atoms with Crippen LogP contribution in [0.1, 0.15) is 34.6 Å². The number of aryl methyl sites for hydroxylation is 2. The third-order valence-corrected chi connectivity index (χ3v) is 3.41. The number of nitrogens with zero attached hydrogens (tertiary/aromatic N) is 2. The zero-order valence-corrected chi connectivity index (χ0v) is 12.5. The molecule has 2 N–H and O–H groups in total. The summed E-state index contributed by atoms with van der Waals surface area (Å²) in [5.74, 6) is 0.307. The van der Waals surface area contributed by atoms with E-state index >= 15 is 0 Å². The second-order valence-electron chi connectivity index (χ2n) is 4.88. The molecule has 112 valence electrons. The molecule has 0 aliphatic rings. The molecule has 0 aliphatic carbocycles. The van der Waals surface area contributed by atoms with Gasteiger partial charge in [0.25, 0.3) is 0 Å². The van der Waals surface area contributed by atoms with E-state index in [1.165, 1.54) is 0 Å². The van der Waals surface area contributed by atoms with E-state index in [1.807, 2.05) is 31.2 Å².